The number of aryl methyl sites for hydroxylation is 2. The first-order valence-corrected chi connectivity index (χ1v) is 11.4. The molecular weight excluding hydrogens is 438 g/mol. The average Bonchev–Trinajstić information content (AvgIpc) is 2.73. The van der Waals surface area contributed by atoms with E-state index >= 15 is 0 Å². The van der Waals surface area contributed by atoms with Gasteiger partial charge in [0.15, 0.2) is 0 Å². The molecule has 3 amide bonds. The fourth-order valence-corrected chi connectivity index (χ4v) is 3.44. The fraction of sp³-hybridized carbons (Fsp3) is 0.600. The van der Waals surface area contributed by atoms with Crippen LogP contribution in [0.5, 0.6) is 0 Å². The van der Waals surface area contributed by atoms with Crippen molar-refractivity contribution in [2.45, 2.75) is 85.5 Å². The van der Waals surface area contributed by atoms with Gasteiger partial charge in [-0.1, -0.05) is 30.7 Å². The second-order valence-corrected chi connectivity index (χ2v) is 9.43. The van der Waals surface area contributed by atoms with Crippen LogP contribution in [0.2, 0.25) is 0 Å². The van der Waals surface area contributed by atoms with Gasteiger partial charge in [-0.05, 0) is 66.0 Å². The van der Waals surface area contributed by atoms with Gasteiger partial charge in [-0.3, -0.25) is 14.4 Å². The summed E-state index contributed by atoms with van der Waals surface area (Å²) in [5.74, 6) is -1.57. The van der Waals surface area contributed by atoms with Gasteiger partial charge >= 0.3 is 12.1 Å². The molecule has 0 saturated heterocycles. The van der Waals surface area contributed by atoms with Crippen molar-refractivity contribution < 1.29 is 28.7 Å². The molecule has 0 radical (unpaired) electrons. The maximum Gasteiger partial charge on any atom is 0.408 e. The summed E-state index contributed by atoms with van der Waals surface area (Å²) in [7, 11) is 1.23. The Hall–Kier alpha value is -3.10. The molecule has 0 aliphatic heterocycles. The Morgan fingerprint density at radius 2 is 1.71 bits per heavy atom. The summed E-state index contributed by atoms with van der Waals surface area (Å²) in [5.41, 5.74) is 1.74. The van der Waals surface area contributed by atoms with Crippen LogP contribution in [-0.2, 0) is 23.9 Å². The number of ether oxygens (including phenoxy) is 2. The maximum absolute atomic E-state index is 13.6. The Kier molecular flexibility index (Phi) is 10.5. The molecule has 0 saturated carbocycles. The molecule has 9 heteroatoms. The summed E-state index contributed by atoms with van der Waals surface area (Å²) < 4.78 is 9.90. The molecule has 0 aliphatic rings. The molecule has 1 rings (SSSR count). The van der Waals surface area contributed by atoms with Crippen LogP contribution in [0, 0.1) is 13.8 Å². The summed E-state index contributed by atoms with van der Waals surface area (Å²) in [6.45, 7) is 14.0. The van der Waals surface area contributed by atoms with E-state index < -0.39 is 41.6 Å². The Labute approximate surface area is 202 Å². The third kappa shape index (κ3) is 8.35. The smallest absolute Gasteiger partial charge is 0.408 e. The molecule has 0 bridgehead atoms. The van der Waals surface area contributed by atoms with Crippen LogP contribution in [0.3, 0.4) is 0 Å². The minimum Gasteiger partial charge on any atom is -0.468 e. The predicted octanol–water partition coefficient (Wildman–Crippen LogP) is 3.17. The SMILES string of the molecule is CCC(C)N(C(=O)C(C)NC(=O)OC(C)(C)C)C(C(=O)NCC(=O)OC)c1ccc(C)cc1C. The largest absolute Gasteiger partial charge is 0.468 e. The summed E-state index contributed by atoms with van der Waals surface area (Å²) in [6, 6.07) is 3.29. The first-order chi connectivity index (χ1) is 15.7. The molecule has 0 aliphatic carbocycles. The molecule has 1 aromatic carbocycles. The highest BCUT2D eigenvalue weighted by Gasteiger charge is 2.37. The van der Waals surface area contributed by atoms with Gasteiger partial charge in [-0.15, -0.1) is 0 Å². The van der Waals surface area contributed by atoms with Gasteiger partial charge < -0.3 is 25.0 Å². The second kappa shape index (κ2) is 12.4. The van der Waals surface area contributed by atoms with E-state index in [9.17, 15) is 19.2 Å². The normalized spacial score (nSPS) is 13.8. The minimum atomic E-state index is -1.02. The van der Waals surface area contributed by atoms with Gasteiger partial charge in [-0.2, -0.15) is 0 Å². The molecule has 0 aromatic heterocycles. The molecule has 1 aromatic rings. The predicted molar refractivity (Wildman–Crippen MR) is 129 cm³/mol. The quantitative estimate of drug-likeness (QED) is 0.528. The Morgan fingerprint density at radius 3 is 2.21 bits per heavy atom. The van der Waals surface area contributed by atoms with Crippen LogP contribution in [0.4, 0.5) is 4.79 Å². The number of methoxy groups -OCH3 is 1. The van der Waals surface area contributed by atoms with Crippen molar-refractivity contribution in [2.75, 3.05) is 13.7 Å². The molecule has 3 atom stereocenters. The van der Waals surface area contributed by atoms with E-state index in [1.165, 1.54) is 12.0 Å². The van der Waals surface area contributed by atoms with E-state index in [1.54, 1.807) is 27.7 Å². The second-order valence-electron chi connectivity index (χ2n) is 9.43. The van der Waals surface area contributed by atoms with Gasteiger partial charge in [0, 0.05) is 6.04 Å². The van der Waals surface area contributed by atoms with Gasteiger partial charge in [0.05, 0.1) is 7.11 Å². The number of amides is 3. The third-order valence-corrected chi connectivity index (χ3v) is 5.30. The average molecular weight is 478 g/mol. The monoisotopic (exact) mass is 477 g/mol. The molecule has 3 unspecified atom stereocenters. The zero-order valence-corrected chi connectivity index (χ0v) is 21.8. The van der Waals surface area contributed by atoms with Crippen molar-refractivity contribution >= 4 is 23.9 Å². The lowest BCUT2D eigenvalue weighted by molar-refractivity contribution is -0.146. The molecule has 2 N–H and O–H groups in total. The first-order valence-electron chi connectivity index (χ1n) is 11.4. The number of nitrogens with one attached hydrogen (secondary N) is 2. The van der Waals surface area contributed by atoms with Crippen LogP contribution < -0.4 is 10.6 Å². The Balaban J connectivity index is 3.41. The number of rotatable bonds is 9. The highest BCUT2D eigenvalue weighted by molar-refractivity contribution is 5.93. The lowest BCUT2D eigenvalue weighted by Crippen LogP contribution is -2.55. The van der Waals surface area contributed by atoms with Gasteiger partial charge in [0.1, 0.15) is 24.2 Å². The van der Waals surface area contributed by atoms with Crippen LogP contribution in [-0.4, -0.2) is 60.1 Å². The maximum atomic E-state index is 13.6. The number of hydrogen-bond donors (Lipinski definition) is 2. The topological polar surface area (TPSA) is 114 Å². The van der Waals surface area contributed by atoms with E-state index in [0.29, 0.717) is 12.0 Å². The molecular formula is C25H39N3O6. The minimum absolute atomic E-state index is 0.328. The van der Waals surface area contributed by atoms with Crippen molar-refractivity contribution in [1.82, 2.24) is 15.5 Å². The zero-order chi connectivity index (χ0) is 26.2. The molecule has 0 fully saturated rings. The zero-order valence-electron chi connectivity index (χ0n) is 21.8. The van der Waals surface area contributed by atoms with E-state index in [0.717, 1.165) is 11.1 Å². The highest BCUT2D eigenvalue weighted by Crippen LogP contribution is 2.29. The lowest BCUT2D eigenvalue weighted by atomic mass is 9.95. The summed E-state index contributed by atoms with van der Waals surface area (Å²) >= 11 is 0. The number of hydrogen-bond acceptors (Lipinski definition) is 6. The van der Waals surface area contributed by atoms with E-state index in [-0.39, 0.29) is 12.6 Å². The van der Waals surface area contributed by atoms with Gasteiger partial charge in [-0.25, -0.2) is 4.79 Å². The highest BCUT2D eigenvalue weighted by atomic mass is 16.6. The van der Waals surface area contributed by atoms with Crippen molar-refractivity contribution in [1.29, 1.82) is 0 Å². The molecule has 0 spiro atoms. The molecule has 34 heavy (non-hydrogen) atoms. The van der Waals surface area contributed by atoms with Gasteiger partial charge in [0.25, 0.3) is 0 Å². The Morgan fingerprint density at radius 1 is 1.09 bits per heavy atom. The number of benzene rings is 1. The van der Waals surface area contributed by atoms with Crippen LogP contribution in [0.1, 0.15) is 70.7 Å². The van der Waals surface area contributed by atoms with E-state index in [1.807, 2.05) is 45.9 Å². The van der Waals surface area contributed by atoms with E-state index in [4.69, 9.17) is 4.74 Å². The molecule has 0 heterocycles. The number of nitrogens with zero attached hydrogens (tertiary/aromatic N) is 1. The van der Waals surface area contributed by atoms with Crippen LogP contribution in [0.15, 0.2) is 18.2 Å². The van der Waals surface area contributed by atoms with Crippen molar-refractivity contribution in [3.63, 3.8) is 0 Å². The van der Waals surface area contributed by atoms with Crippen molar-refractivity contribution in [2.24, 2.45) is 0 Å². The molecule has 190 valence electrons. The Bertz CT molecular complexity index is 893. The third-order valence-electron chi connectivity index (χ3n) is 5.30. The summed E-state index contributed by atoms with van der Waals surface area (Å²) in [6.07, 6.45) is -0.160. The molecule has 9 nitrogen and oxygen atoms in total. The first kappa shape index (κ1) is 28.9. The number of alkyl carbamates (subject to hydrolysis) is 1. The standard InChI is InChI=1S/C25H39N3O6/c1-10-17(4)28(23(31)18(5)27-24(32)34-25(6,7)8)21(22(30)26-14-20(29)33-9)19-12-11-15(2)13-16(19)3/h11-13,17-18,21H,10,14H2,1-9H3,(H,26,30)(H,27,32). The number of carbonyl (C=O) groups is 4. The van der Waals surface area contributed by atoms with Crippen LogP contribution >= 0.6 is 0 Å². The van der Waals surface area contributed by atoms with Gasteiger partial charge in [0.2, 0.25) is 11.8 Å². The summed E-state index contributed by atoms with van der Waals surface area (Å²) in [5, 5.41) is 5.15. The van der Waals surface area contributed by atoms with Crippen molar-refractivity contribution in [3.8, 4) is 0 Å². The number of carbonyl (C=O) groups excluding carboxylic acids is 4. The number of esters is 1. The van der Waals surface area contributed by atoms with Crippen molar-refractivity contribution in [3.05, 3.63) is 34.9 Å². The van der Waals surface area contributed by atoms with Crippen LogP contribution in [0.25, 0.3) is 0 Å². The fourth-order valence-electron chi connectivity index (χ4n) is 3.44. The van der Waals surface area contributed by atoms with E-state index in [2.05, 4.69) is 15.4 Å². The summed E-state index contributed by atoms with van der Waals surface area (Å²) in [4.78, 5) is 52.4. The lowest BCUT2D eigenvalue weighted by Gasteiger charge is -2.38.